The zero-order valence-electron chi connectivity index (χ0n) is 16.7. The topological polar surface area (TPSA) is 44.1 Å². The smallest absolute Gasteiger partial charge is 0.267 e. The molecule has 4 nitrogen and oxygen atoms in total. The van der Waals surface area contributed by atoms with E-state index in [-0.39, 0.29) is 11.2 Å². The Bertz CT molecular complexity index is 1040. The zero-order chi connectivity index (χ0) is 19.7. The first-order valence-electron chi connectivity index (χ1n) is 9.96. The van der Waals surface area contributed by atoms with Crippen LogP contribution in [0.2, 0.25) is 0 Å². The third kappa shape index (κ3) is 3.53. The highest BCUT2D eigenvalue weighted by atomic mass is 32.2. The predicted octanol–water partition coefficient (Wildman–Crippen LogP) is 5.58. The molecule has 1 aromatic carbocycles. The van der Waals surface area contributed by atoms with E-state index in [1.165, 1.54) is 0 Å². The number of hydrogen-bond acceptors (Lipinski definition) is 5. The first kappa shape index (κ1) is 19.7. The molecular weight excluding hydrogens is 388 g/mol. The highest BCUT2D eigenvalue weighted by molar-refractivity contribution is 7.99. The summed E-state index contributed by atoms with van der Waals surface area (Å²) in [6.45, 7) is 7.03. The van der Waals surface area contributed by atoms with Crippen LogP contribution >= 0.6 is 23.1 Å². The van der Waals surface area contributed by atoms with Crippen LogP contribution in [0, 0.1) is 0 Å². The number of thiophene rings is 1. The van der Waals surface area contributed by atoms with Crippen molar-refractivity contribution in [1.82, 2.24) is 9.55 Å². The molecule has 0 saturated carbocycles. The van der Waals surface area contributed by atoms with Gasteiger partial charge < -0.3 is 4.74 Å². The van der Waals surface area contributed by atoms with Gasteiger partial charge in [0, 0.05) is 17.1 Å². The number of nitrogens with zero attached hydrogens (tertiary/aromatic N) is 2. The van der Waals surface area contributed by atoms with Crippen molar-refractivity contribution in [3.05, 3.63) is 51.1 Å². The van der Waals surface area contributed by atoms with Crippen LogP contribution in [0.4, 0.5) is 0 Å². The van der Waals surface area contributed by atoms with E-state index < -0.39 is 0 Å². The van der Waals surface area contributed by atoms with Crippen molar-refractivity contribution in [1.29, 1.82) is 0 Å². The monoisotopic (exact) mass is 414 g/mol. The molecule has 1 aliphatic rings. The van der Waals surface area contributed by atoms with E-state index in [9.17, 15) is 4.79 Å². The second kappa shape index (κ2) is 8.01. The summed E-state index contributed by atoms with van der Waals surface area (Å²) in [5.41, 5.74) is 1.86. The molecule has 1 aliphatic heterocycles. The van der Waals surface area contributed by atoms with Gasteiger partial charge in [0.25, 0.3) is 5.56 Å². The lowest BCUT2D eigenvalue weighted by atomic mass is 9.90. The molecule has 0 aliphatic carbocycles. The molecule has 1 atom stereocenters. The summed E-state index contributed by atoms with van der Waals surface area (Å²) in [5, 5.41) is 1.57. The Morgan fingerprint density at radius 2 is 2.07 bits per heavy atom. The van der Waals surface area contributed by atoms with Crippen molar-refractivity contribution >= 4 is 33.3 Å². The fourth-order valence-electron chi connectivity index (χ4n) is 3.54. The van der Waals surface area contributed by atoms with Gasteiger partial charge in [0.05, 0.1) is 23.3 Å². The van der Waals surface area contributed by atoms with Gasteiger partial charge in [-0.15, -0.1) is 11.3 Å². The molecule has 0 radical (unpaired) electrons. The lowest BCUT2D eigenvalue weighted by molar-refractivity contribution is -0.0543. The number of ether oxygens (including phenoxy) is 1. The summed E-state index contributed by atoms with van der Waals surface area (Å²) in [4.78, 5) is 20.6. The number of thioether (sulfide) groups is 1. The number of benzene rings is 1. The molecule has 4 rings (SSSR count). The molecule has 28 heavy (non-hydrogen) atoms. The van der Waals surface area contributed by atoms with Crippen molar-refractivity contribution in [3.63, 3.8) is 0 Å². The van der Waals surface area contributed by atoms with Crippen LogP contribution in [0.3, 0.4) is 0 Å². The average molecular weight is 415 g/mol. The molecule has 148 valence electrons. The summed E-state index contributed by atoms with van der Waals surface area (Å²) in [6, 6.07) is 9.88. The van der Waals surface area contributed by atoms with Crippen molar-refractivity contribution in [3.8, 4) is 5.69 Å². The second-order valence-corrected chi connectivity index (χ2v) is 9.67. The Balaban J connectivity index is 1.92. The molecule has 0 spiro atoms. The fourth-order valence-corrected chi connectivity index (χ4v) is 5.78. The third-order valence-corrected chi connectivity index (χ3v) is 7.60. The van der Waals surface area contributed by atoms with Gasteiger partial charge in [-0.2, -0.15) is 0 Å². The van der Waals surface area contributed by atoms with E-state index in [0.29, 0.717) is 6.61 Å². The highest BCUT2D eigenvalue weighted by Gasteiger charge is 2.33. The van der Waals surface area contributed by atoms with Crippen molar-refractivity contribution in [2.45, 2.75) is 63.8 Å². The molecular formula is C22H26N2O2S2. The maximum Gasteiger partial charge on any atom is 0.267 e. The predicted molar refractivity (Wildman–Crippen MR) is 118 cm³/mol. The van der Waals surface area contributed by atoms with Gasteiger partial charge >= 0.3 is 0 Å². The van der Waals surface area contributed by atoms with E-state index in [2.05, 4.69) is 20.8 Å². The fraction of sp³-hybridized carbons (Fsp3) is 0.455. The molecule has 2 aromatic heterocycles. The quantitative estimate of drug-likeness (QED) is 0.300. The molecule has 0 amide bonds. The minimum absolute atomic E-state index is 0.0491. The minimum Gasteiger partial charge on any atom is -0.369 e. The molecule has 1 unspecified atom stereocenters. The van der Waals surface area contributed by atoms with Gasteiger partial charge in [-0.25, -0.2) is 4.98 Å². The SMILES string of the molecule is CCCCSc1nc2sc3c(c2c(=O)n1-c1ccccc1)CC(C)(CC)OC3. The average Bonchev–Trinajstić information content (AvgIpc) is 3.06. The Kier molecular flexibility index (Phi) is 5.63. The van der Waals surface area contributed by atoms with Crippen LogP contribution in [0.25, 0.3) is 15.9 Å². The normalized spacial score (nSPS) is 19.1. The second-order valence-electron chi connectivity index (χ2n) is 7.53. The molecule has 3 aromatic rings. The van der Waals surface area contributed by atoms with Gasteiger partial charge in [-0.1, -0.05) is 50.2 Å². The number of aromatic nitrogens is 2. The molecule has 0 N–H and O–H groups in total. The molecule has 0 fully saturated rings. The molecule has 0 saturated heterocycles. The Labute approximate surface area is 174 Å². The third-order valence-electron chi connectivity index (χ3n) is 5.47. The summed E-state index contributed by atoms with van der Waals surface area (Å²) >= 11 is 3.29. The summed E-state index contributed by atoms with van der Waals surface area (Å²) < 4.78 is 7.90. The Morgan fingerprint density at radius 1 is 1.29 bits per heavy atom. The Hall–Kier alpha value is -1.63. The van der Waals surface area contributed by atoms with Gasteiger partial charge in [0.15, 0.2) is 5.16 Å². The summed E-state index contributed by atoms with van der Waals surface area (Å²) in [6.07, 6.45) is 3.93. The van der Waals surface area contributed by atoms with Crippen molar-refractivity contribution in [2.75, 3.05) is 5.75 Å². The maximum absolute atomic E-state index is 13.7. The first-order chi connectivity index (χ1) is 13.6. The summed E-state index contributed by atoms with van der Waals surface area (Å²) in [7, 11) is 0. The standard InChI is InChI=1S/C22H26N2O2S2/c1-4-6-12-27-21-23-19-18(20(25)24(21)15-10-8-7-9-11-15)16-13-22(3,5-2)26-14-17(16)28-19/h7-11H,4-6,12-14H2,1-3H3. The number of hydrogen-bond donors (Lipinski definition) is 0. The van der Waals surface area contributed by atoms with Crippen LogP contribution in [0.5, 0.6) is 0 Å². The highest BCUT2D eigenvalue weighted by Crippen LogP contribution is 2.39. The van der Waals surface area contributed by atoms with Crippen molar-refractivity contribution in [2.24, 2.45) is 0 Å². The summed E-state index contributed by atoms with van der Waals surface area (Å²) in [5.74, 6) is 0.962. The van der Waals surface area contributed by atoms with Crippen LogP contribution in [-0.2, 0) is 17.8 Å². The van der Waals surface area contributed by atoms with Crippen LogP contribution in [0.1, 0.15) is 50.5 Å². The number of rotatable bonds is 6. The molecule has 0 bridgehead atoms. The lowest BCUT2D eigenvalue weighted by Crippen LogP contribution is -2.34. The van der Waals surface area contributed by atoms with E-state index in [4.69, 9.17) is 9.72 Å². The van der Waals surface area contributed by atoms with E-state index in [0.717, 1.165) is 62.9 Å². The van der Waals surface area contributed by atoms with E-state index >= 15 is 0 Å². The van der Waals surface area contributed by atoms with Gasteiger partial charge in [-0.05, 0) is 37.5 Å². The van der Waals surface area contributed by atoms with E-state index in [1.807, 2.05) is 30.3 Å². The number of unbranched alkanes of at least 4 members (excludes halogenated alkanes) is 1. The Morgan fingerprint density at radius 3 is 2.79 bits per heavy atom. The maximum atomic E-state index is 13.7. The number of fused-ring (bicyclic) bond motifs is 3. The minimum atomic E-state index is -0.209. The van der Waals surface area contributed by atoms with Gasteiger partial charge in [-0.3, -0.25) is 9.36 Å². The van der Waals surface area contributed by atoms with Crippen LogP contribution in [-0.4, -0.2) is 20.9 Å². The number of para-hydroxylation sites is 1. The molecule has 3 heterocycles. The lowest BCUT2D eigenvalue weighted by Gasteiger charge is -2.32. The van der Waals surface area contributed by atoms with Crippen LogP contribution in [0.15, 0.2) is 40.3 Å². The van der Waals surface area contributed by atoms with Crippen LogP contribution < -0.4 is 5.56 Å². The first-order valence-corrected chi connectivity index (χ1v) is 11.8. The van der Waals surface area contributed by atoms with Gasteiger partial charge in [0.2, 0.25) is 0 Å². The van der Waals surface area contributed by atoms with E-state index in [1.54, 1.807) is 27.7 Å². The van der Waals surface area contributed by atoms with Crippen molar-refractivity contribution < 1.29 is 4.74 Å². The molecule has 6 heteroatoms. The van der Waals surface area contributed by atoms with Gasteiger partial charge in [0.1, 0.15) is 4.83 Å². The largest absolute Gasteiger partial charge is 0.369 e. The zero-order valence-corrected chi connectivity index (χ0v) is 18.3.